The molecule has 0 fully saturated rings. The SMILES string of the molecule is CCNc1cccc(NC(C)C(C)CC)c1[N+](=O)[O-]. The third-order valence-electron chi connectivity index (χ3n) is 3.47. The van der Waals surface area contributed by atoms with E-state index in [1.54, 1.807) is 12.1 Å². The van der Waals surface area contributed by atoms with E-state index in [-0.39, 0.29) is 16.7 Å². The van der Waals surface area contributed by atoms with Crippen LogP contribution in [0.3, 0.4) is 0 Å². The quantitative estimate of drug-likeness (QED) is 0.580. The normalized spacial score (nSPS) is 13.7. The Morgan fingerprint density at radius 2 is 1.89 bits per heavy atom. The molecule has 1 rings (SSSR count). The molecule has 2 atom stereocenters. The van der Waals surface area contributed by atoms with E-state index in [0.717, 1.165) is 6.42 Å². The lowest BCUT2D eigenvalue weighted by atomic mass is 10.0. The van der Waals surface area contributed by atoms with Crippen molar-refractivity contribution in [3.8, 4) is 0 Å². The fraction of sp³-hybridized carbons (Fsp3) is 0.571. The van der Waals surface area contributed by atoms with Crippen molar-refractivity contribution in [1.82, 2.24) is 0 Å². The Morgan fingerprint density at radius 1 is 1.26 bits per heavy atom. The van der Waals surface area contributed by atoms with Crippen molar-refractivity contribution in [2.45, 2.75) is 40.2 Å². The van der Waals surface area contributed by atoms with Crippen LogP contribution in [0.1, 0.15) is 34.1 Å². The summed E-state index contributed by atoms with van der Waals surface area (Å²) in [4.78, 5) is 10.9. The van der Waals surface area contributed by atoms with Crippen LogP contribution in [-0.4, -0.2) is 17.5 Å². The molecule has 0 saturated heterocycles. The molecule has 106 valence electrons. The number of hydrogen-bond donors (Lipinski definition) is 2. The van der Waals surface area contributed by atoms with Gasteiger partial charge in [0, 0.05) is 12.6 Å². The molecular formula is C14H23N3O2. The van der Waals surface area contributed by atoms with E-state index in [4.69, 9.17) is 0 Å². The van der Waals surface area contributed by atoms with Crippen molar-refractivity contribution in [1.29, 1.82) is 0 Å². The van der Waals surface area contributed by atoms with Crippen LogP contribution in [-0.2, 0) is 0 Å². The first-order valence-corrected chi connectivity index (χ1v) is 6.79. The molecule has 0 heterocycles. The summed E-state index contributed by atoms with van der Waals surface area (Å²) >= 11 is 0. The molecule has 2 unspecified atom stereocenters. The summed E-state index contributed by atoms with van der Waals surface area (Å²) in [6.07, 6.45) is 1.04. The molecule has 1 aromatic rings. The molecule has 0 spiro atoms. The highest BCUT2D eigenvalue weighted by atomic mass is 16.6. The molecule has 5 nitrogen and oxygen atoms in total. The van der Waals surface area contributed by atoms with Crippen LogP contribution in [0.5, 0.6) is 0 Å². The van der Waals surface area contributed by atoms with Gasteiger partial charge in [0.25, 0.3) is 0 Å². The predicted octanol–water partition coefficient (Wildman–Crippen LogP) is 3.87. The van der Waals surface area contributed by atoms with Crippen LogP contribution in [0.4, 0.5) is 17.1 Å². The van der Waals surface area contributed by atoms with E-state index in [9.17, 15) is 10.1 Å². The molecule has 0 bridgehead atoms. The lowest BCUT2D eigenvalue weighted by Gasteiger charge is -2.21. The number of para-hydroxylation sites is 1. The minimum absolute atomic E-state index is 0.125. The number of nitro groups is 1. The Kier molecular flexibility index (Phi) is 5.60. The average molecular weight is 265 g/mol. The maximum absolute atomic E-state index is 11.3. The van der Waals surface area contributed by atoms with E-state index in [2.05, 4.69) is 31.4 Å². The van der Waals surface area contributed by atoms with Crippen LogP contribution in [0.25, 0.3) is 0 Å². The van der Waals surface area contributed by atoms with E-state index in [1.807, 2.05) is 13.0 Å². The molecule has 1 aromatic carbocycles. The number of nitrogens with one attached hydrogen (secondary N) is 2. The number of nitrogens with zero attached hydrogens (tertiary/aromatic N) is 1. The van der Waals surface area contributed by atoms with Gasteiger partial charge in [0.1, 0.15) is 11.4 Å². The zero-order valence-corrected chi connectivity index (χ0v) is 12.1. The third-order valence-corrected chi connectivity index (χ3v) is 3.47. The van der Waals surface area contributed by atoms with Crippen LogP contribution in [0.15, 0.2) is 18.2 Å². The van der Waals surface area contributed by atoms with Gasteiger partial charge in [-0.15, -0.1) is 0 Å². The summed E-state index contributed by atoms with van der Waals surface area (Å²) in [5.74, 6) is 0.461. The second-order valence-corrected chi connectivity index (χ2v) is 4.81. The first-order valence-electron chi connectivity index (χ1n) is 6.79. The monoisotopic (exact) mass is 265 g/mol. The standard InChI is InChI=1S/C14H23N3O2/c1-5-10(3)11(4)16-13-9-7-8-12(15-6-2)14(13)17(18)19/h7-11,15-16H,5-6H2,1-4H3. The number of rotatable bonds is 7. The van der Waals surface area contributed by atoms with E-state index >= 15 is 0 Å². The molecule has 0 radical (unpaired) electrons. The van der Waals surface area contributed by atoms with Gasteiger partial charge in [0.2, 0.25) is 0 Å². The lowest BCUT2D eigenvalue weighted by Crippen LogP contribution is -2.23. The minimum atomic E-state index is -0.330. The number of benzene rings is 1. The van der Waals surface area contributed by atoms with Crippen molar-refractivity contribution in [2.24, 2.45) is 5.92 Å². The third kappa shape index (κ3) is 3.84. The Balaban J connectivity index is 3.06. The van der Waals surface area contributed by atoms with Crippen molar-refractivity contribution < 1.29 is 4.92 Å². The Hall–Kier alpha value is -1.78. The van der Waals surface area contributed by atoms with Gasteiger partial charge < -0.3 is 10.6 Å². The Labute approximate surface area is 114 Å². The molecule has 19 heavy (non-hydrogen) atoms. The minimum Gasteiger partial charge on any atom is -0.380 e. The molecule has 0 saturated carbocycles. The predicted molar refractivity (Wildman–Crippen MR) is 79.8 cm³/mol. The second kappa shape index (κ2) is 6.97. The molecule has 0 aliphatic rings. The van der Waals surface area contributed by atoms with Crippen molar-refractivity contribution >= 4 is 17.1 Å². The van der Waals surface area contributed by atoms with Gasteiger partial charge in [0.05, 0.1) is 4.92 Å². The first-order chi connectivity index (χ1) is 9.01. The number of anilines is 2. The van der Waals surface area contributed by atoms with Crippen molar-refractivity contribution in [3.05, 3.63) is 28.3 Å². The summed E-state index contributed by atoms with van der Waals surface area (Å²) in [7, 11) is 0. The van der Waals surface area contributed by atoms with Gasteiger partial charge in [-0.25, -0.2) is 0 Å². The van der Waals surface area contributed by atoms with Crippen molar-refractivity contribution in [3.63, 3.8) is 0 Å². The highest BCUT2D eigenvalue weighted by Gasteiger charge is 2.21. The largest absolute Gasteiger partial charge is 0.380 e. The summed E-state index contributed by atoms with van der Waals surface area (Å²) in [5, 5.41) is 17.6. The fourth-order valence-electron chi connectivity index (χ4n) is 1.93. The molecule has 2 N–H and O–H groups in total. The maximum atomic E-state index is 11.3. The van der Waals surface area contributed by atoms with E-state index < -0.39 is 0 Å². The highest BCUT2D eigenvalue weighted by molar-refractivity contribution is 5.76. The van der Waals surface area contributed by atoms with E-state index in [0.29, 0.717) is 23.8 Å². The molecule has 0 aliphatic carbocycles. The molecule has 5 heteroatoms. The second-order valence-electron chi connectivity index (χ2n) is 4.81. The smallest absolute Gasteiger partial charge is 0.315 e. The Morgan fingerprint density at radius 3 is 2.42 bits per heavy atom. The lowest BCUT2D eigenvalue weighted by molar-refractivity contribution is -0.383. The van der Waals surface area contributed by atoms with Crippen LogP contribution < -0.4 is 10.6 Å². The summed E-state index contributed by atoms with van der Waals surface area (Å²) in [6.45, 7) is 8.89. The van der Waals surface area contributed by atoms with Gasteiger partial charge in [0.15, 0.2) is 0 Å². The average Bonchev–Trinajstić information content (AvgIpc) is 2.37. The summed E-state index contributed by atoms with van der Waals surface area (Å²) in [5.41, 5.74) is 1.27. The van der Waals surface area contributed by atoms with Crippen LogP contribution in [0.2, 0.25) is 0 Å². The molecule has 0 aromatic heterocycles. The number of nitro benzene ring substituents is 1. The zero-order valence-electron chi connectivity index (χ0n) is 12.1. The van der Waals surface area contributed by atoms with Gasteiger partial charge in [-0.2, -0.15) is 0 Å². The topological polar surface area (TPSA) is 67.2 Å². The molecule has 0 amide bonds. The van der Waals surface area contributed by atoms with Crippen LogP contribution in [0, 0.1) is 16.0 Å². The van der Waals surface area contributed by atoms with Gasteiger partial charge >= 0.3 is 5.69 Å². The van der Waals surface area contributed by atoms with Crippen LogP contribution >= 0.6 is 0 Å². The fourth-order valence-corrected chi connectivity index (χ4v) is 1.93. The van der Waals surface area contributed by atoms with E-state index in [1.165, 1.54) is 0 Å². The maximum Gasteiger partial charge on any atom is 0.315 e. The van der Waals surface area contributed by atoms with Crippen molar-refractivity contribution in [2.75, 3.05) is 17.2 Å². The summed E-state index contributed by atoms with van der Waals surface area (Å²) < 4.78 is 0. The molecule has 0 aliphatic heterocycles. The number of hydrogen-bond acceptors (Lipinski definition) is 4. The van der Waals surface area contributed by atoms with Gasteiger partial charge in [-0.3, -0.25) is 10.1 Å². The van der Waals surface area contributed by atoms with Gasteiger partial charge in [-0.1, -0.05) is 26.3 Å². The first kappa shape index (κ1) is 15.3. The van der Waals surface area contributed by atoms with Gasteiger partial charge in [-0.05, 0) is 31.9 Å². The summed E-state index contributed by atoms with van der Waals surface area (Å²) in [6, 6.07) is 5.52. The highest BCUT2D eigenvalue weighted by Crippen LogP contribution is 2.33. The molecular weight excluding hydrogens is 242 g/mol. The zero-order chi connectivity index (χ0) is 14.4. The Bertz CT molecular complexity index is 435.